The SMILES string of the molecule is [B]c1cc2c(cnn2C2CCCCC2)cc1Br. The topological polar surface area (TPSA) is 17.8 Å². The number of halogens is 1. The van der Waals surface area contributed by atoms with Crippen molar-refractivity contribution in [1.29, 1.82) is 0 Å². The van der Waals surface area contributed by atoms with Crippen molar-refractivity contribution < 1.29 is 0 Å². The molecule has 1 aliphatic rings. The molecule has 0 unspecified atom stereocenters. The first-order valence-corrected chi connectivity index (χ1v) is 6.97. The summed E-state index contributed by atoms with van der Waals surface area (Å²) in [6, 6.07) is 4.64. The molecule has 1 aromatic heterocycles. The second-order valence-electron chi connectivity index (χ2n) is 4.81. The second-order valence-corrected chi connectivity index (χ2v) is 5.67. The fourth-order valence-corrected chi connectivity index (χ4v) is 3.06. The zero-order valence-corrected chi connectivity index (χ0v) is 11.3. The fraction of sp³-hybridized carbons (Fsp3) is 0.462. The quantitative estimate of drug-likeness (QED) is 0.738. The maximum absolute atomic E-state index is 5.96. The van der Waals surface area contributed by atoms with E-state index in [9.17, 15) is 0 Å². The van der Waals surface area contributed by atoms with Crippen LogP contribution >= 0.6 is 15.9 Å². The average Bonchev–Trinajstić information content (AvgIpc) is 2.74. The molecule has 1 saturated carbocycles. The molecule has 1 aromatic carbocycles. The molecule has 0 spiro atoms. The molecule has 0 amide bonds. The monoisotopic (exact) mass is 288 g/mol. The zero-order valence-electron chi connectivity index (χ0n) is 9.69. The smallest absolute Gasteiger partial charge is 0.115 e. The van der Waals surface area contributed by atoms with Crippen LogP contribution < -0.4 is 5.46 Å². The van der Waals surface area contributed by atoms with Crippen molar-refractivity contribution in [3.63, 3.8) is 0 Å². The van der Waals surface area contributed by atoms with E-state index in [1.165, 1.54) is 32.1 Å². The summed E-state index contributed by atoms with van der Waals surface area (Å²) in [5, 5.41) is 5.71. The van der Waals surface area contributed by atoms with Gasteiger partial charge >= 0.3 is 0 Å². The van der Waals surface area contributed by atoms with Crippen molar-refractivity contribution in [2.45, 2.75) is 38.1 Å². The minimum atomic E-state index is 0.557. The summed E-state index contributed by atoms with van der Waals surface area (Å²) in [6.45, 7) is 0. The Morgan fingerprint density at radius 1 is 1.24 bits per heavy atom. The molecule has 2 radical (unpaired) electrons. The molecular formula is C13H14BBrN2. The van der Waals surface area contributed by atoms with E-state index in [1.807, 2.05) is 12.3 Å². The lowest BCUT2D eigenvalue weighted by atomic mass is 9.94. The number of hydrogen-bond donors (Lipinski definition) is 0. The van der Waals surface area contributed by atoms with E-state index in [0.29, 0.717) is 6.04 Å². The molecule has 4 heteroatoms. The lowest BCUT2D eigenvalue weighted by Gasteiger charge is -2.22. The third-order valence-electron chi connectivity index (χ3n) is 3.63. The average molecular weight is 289 g/mol. The Labute approximate surface area is 111 Å². The van der Waals surface area contributed by atoms with Gasteiger partial charge in [-0.15, -0.1) is 0 Å². The summed E-state index contributed by atoms with van der Waals surface area (Å²) < 4.78 is 3.12. The van der Waals surface area contributed by atoms with E-state index in [4.69, 9.17) is 7.85 Å². The van der Waals surface area contributed by atoms with Crippen LogP contribution in [0.15, 0.2) is 22.8 Å². The summed E-state index contributed by atoms with van der Waals surface area (Å²) in [7, 11) is 5.96. The molecular weight excluding hydrogens is 275 g/mol. The van der Waals surface area contributed by atoms with Crippen LogP contribution in [0.1, 0.15) is 38.1 Å². The summed E-state index contributed by atoms with van der Waals surface area (Å²) in [5.74, 6) is 0. The molecule has 0 atom stereocenters. The zero-order chi connectivity index (χ0) is 11.8. The van der Waals surface area contributed by atoms with Crippen LogP contribution in [0.25, 0.3) is 10.9 Å². The Bertz CT molecular complexity index is 544. The van der Waals surface area contributed by atoms with E-state index in [2.05, 4.69) is 31.8 Å². The lowest BCUT2D eigenvalue weighted by Crippen LogP contribution is -2.15. The van der Waals surface area contributed by atoms with Crippen molar-refractivity contribution in [3.8, 4) is 0 Å². The van der Waals surface area contributed by atoms with Crippen molar-refractivity contribution in [2.75, 3.05) is 0 Å². The maximum Gasteiger partial charge on any atom is 0.115 e. The van der Waals surface area contributed by atoms with Gasteiger partial charge < -0.3 is 0 Å². The number of fused-ring (bicyclic) bond motifs is 1. The van der Waals surface area contributed by atoms with Gasteiger partial charge in [0.2, 0.25) is 0 Å². The van der Waals surface area contributed by atoms with E-state index >= 15 is 0 Å². The normalized spacial score (nSPS) is 17.7. The second kappa shape index (κ2) is 4.49. The van der Waals surface area contributed by atoms with Gasteiger partial charge in [0.05, 0.1) is 17.8 Å². The first-order valence-electron chi connectivity index (χ1n) is 6.18. The van der Waals surface area contributed by atoms with Crippen LogP contribution in [-0.2, 0) is 0 Å². The standard InChI is InChI=1S/C13H14BBrN2/c14-11-7-13-9(6-12(11)15)8-16-17(13)10-4-2-1-3-5-10/h6-8,10H,1-5H2. The first-order chi connectivity index (χ1) is 8.25. The summed E-state index contributed by atoms with van der Waals surface area (Å²) in [5.41, 5.74) is 1.95. The highest BCUT2D eigenvalue weighted by molar-refractivity contribution is 9.10. The molecule has 0 aliphatic heterocycles. The molecule has 0 saturated heterocycles. The van der Waals surface area contributed by atoms with E-state index < -0.39 is 0 Å². The Kier molecular flexibility index (Phi) is 2.99. The highest BCUT2D eigenvalue weighted by Gasteiger charge is 2.18. The van der Waals surface area contributed by atoms with Gasteiger partial charge in [0.25, 0.3) is 0 Å². The molecule has 2 nitrogen and oxygen atoms in total. The number of hydrogen-bond acceptors (Lipinski definition) is 1. The van der Waals surface area contributed by atoms with Gasteiger partial charge in [0, 0.05) is 9.86 Å². The number of benzene rings is 1. The van der Waals surface area contributed by atoms with E-state index in [-0.39, 0.29) is 0 Å². The third kappa shape index (κ3) is 2.03. The number of nitrogens with zero attached hydrogens (tertiary/aromatic N) is 2. The Balaban J connectivity index is 2.07. The Hall–Kier alpha value is -0.765. The Morgan fingerprint density at radius 2 is 2.00 bits per heavy atom. The van der Waals surface area contributed by atoms with Gasteiger partial charge in [-0.25, -0.2) is 0 Å². The molecule has 0 bridgehead atoms. The lowest BCUT2D eigenvalue weighted by molar-refractivity contribution is 0.337. The minimum absolute atomic E-state index is 0.557. The minimum Gasteiger partial charge on any atom is -0.262 e. The van der Waals surface area contributed by atoms with Crippen LogP contribution in [-0.4, -0.2) is 17.6 Å². The maximum atomic E-state index is 5.96. The summed E-state index contributed by atoms with van der Waals surface area (Å²) in [6.07, 6.45) is 8.42. The predicted octanol–water partition coefficient (Wildman–Crippen LogP) is 3.10. The van der Waals surface area contributed by atoms with Crippen LogP contribution in [0, 0.1) is 0 Å². The molecule has 3 rings (SSSR count). The van der Waals surface area contributed by atoms with Crippen LogP contribution in [0.5, 0.6) is 0 Å². The van der Waals surface area contributed by atoms with Crippen molar-refractivity contribution in [1.82, 2.24) is 9.78 Å². The fourth-order valence-electron chi connectivity index (χ4n) is 2.70. The number of aromatic nitrogens is 2. The van der Waals surface area contributed by atoms with Crippen molar-refractivity contribution in [3.05, 3.63) is 22.8 Å². The highest BCUT2D eigenvalue weighted by Crippen LogP contribution is 2.30. The van der Waals surface area contributed by atoms with Gasteiger partial charge in [0.15, 0.2) is 0 Å². The van der Waals surface area contributed by atoms with E-state index in [0.717, 1.165) is 20.8 Å². The molecule has 86 valence electrons. The number of rotatable bonds is 1. The van der Waals surface area contributed by atoms with Crippen LogP contribution in [0.3, 0.4) is 0 Å². The molecule has 0 N–H and O–H groups in total. The van der Waals surface area contributed by atoms with E-state index in [1.54, 1.807) is 0 Å². The van der Waals surface area contributed by atoms with Gasteiger partial charge in [-0.3, -0.25) is 4.68 Å². The van der Waals surface area contributed by atoms with Crippen molar-refractivity contribution in [2.24, 2.45) is 0 Å². The molecule has 17 heavy (non-hydrogen) atoms. The van der Waals surface area contributed by atoms with Crippen molar-refractivity contribution >= 4 is 40.1 Å². The van der Waals surface area contributed by atoms with Gasteiger partial charge in [-0.1, -0.05) is 40.7 Å². The molecule has 1 aliphatic carbocycles. The molecule has 2 aromatic rings. The first kappa shape index (κ1) is 11.3. The summed E-state index contributed by atoms with van der Waals surface area (Å²) >= 11 is 3.46. The van der Waals surface area contributed by atoms with Gasteiger partial charge in [-0.2, -0.15) is 5.10 Å². The third-order valence-corrected chi connectivity index (χ3v) is 4.32. The Morgan fingerprint density at radius 3 is 2.76 bits per heavy atom. The largest absolute Gasteiger partial charge is 0.262 e. The van der Waals surface area contributed by atoms with Crippen LogP contribution in [0.4, 0.5) is 0 Å². The molecule has 1 fully saturated rings. The summed E-state index contributed by atoms with van der Waals surface area (Å²) in [4.78, 5) is 0. The predicted molar refractivity (Wildman–Crippen MR) is 74.9 cm³/mol. The highest BCUT2D eigenvalue weighted by atomic mass is 79.9. The van der Waals surface area contributed by atoms with Gasteiger partial charge in [0.1, 0.15) is 7.85 Å². The molecule has 1 heterocycles. The van der Waals surface area contributed by atoms with Gasteiger partial charge in [-0.05, 0) is 25.0 Å². The van der Waals surface area contributed by atoms with Crippen LogP contribution in [0.2, 0.25) is 0 Å².